The molecule has 1 aliphatic heterocycles. The molecular weight excluding hydrogens is 216 g/mol. The predicted molar refractivity (Wildman–Crippen MR) is 66.6 cm³/mol. The van der Waals surface area contributed by atoms with Crippen LogP contribution in [0.25, 0.3) is 0 Å². The molecule has 0 bridgehead atoms. The van der Waals surface area contributed by atoms with Crippen molar-refractivity contribution in [1.29, 1.82) is 0 Å². The fraction of sp³-hybridized carbons (Fsp3) is 0.923. The molecule has 0 spiro atoms. The van der Waals surface area contributed by atoms with Gasteiger partial charge in [-0.3, -0.25) is 4.79 Å². The molecule has 2 atom stereocenters. The number of piperidine rings is 1. The van der Waals surface area contributed by atoms with E-state index in [1.165, 1.54) is 6.42 Å². The Morgan fingerprint density at radius 2 is 1.88 bits per heavy atom. The molecule has 1 saturated heterocycles. The summed E-state index contributed by atoms with van der Waals surface area (Å²) < 4.78 is 0. The van der Waals surface area contributed by atoms with E-state index < -0.39 is 0 Å². The molecule has 0 aromatic heterocycles. The summed E-state index contributed by atoms with van der Waals surface area (Å²) in [5.74, 6) is 0.151. The minimum atomic E-state index is -0.157. The lowest BCUT2D eigenvalue weighted by Crippen LogP contribution is -2.52. The Morgan fingerprint density at radius 3 is 2.53 bits per heavy atom. The third-order valence-electron chi connectivity index (χ3n) is 3.98. The topological polar surface area (TPSA) is 61.4 Å². The lowest BCUT2D eigenvalue weighted by Gasteiger charge is -2.31. The maximum atomic E-state index is 12.1. The number of aliphatic hydroxyl groups is 1. The van der Waals surface area contributed by atoms with E-state index in [4.69, 9.17) is 0 Å². The molecular formula is C13H24N2O2. The van der Waals surface area contributed by atoms with E-state index in [9.17, 15) is 9.90 Å². The minimum absolute atomic E-state index is 0.00870. The second-order valence-corrected chi connectivity index (χ2v) is 5.57. The van der Waals surface area contributed by atoms with Gasteiger partial charge in [-0.25, -0.2) is 0 Å². The molecule has 0 aromatic rings. The first-order valence-electron chi connectivity index (χ1n) is 6.89. The first-order chi connectivity index (χ1) is 8.15. The summed E-state index contributed by atoms with van der Waals surface area (Å²) >= 11 is 0. The van der Waals surface area contributed by atoms with Crippen molar-refractivity contribution in [2.24, 2.45) is 0 Å². The van der Waals surface area contributed by atoms with Gasteiger partial charge in [0, 0.05) is 12.1 Å². The van der Waals surface area contributed by atoms with Gasteiger partial charge in [0.15, 0.2) is 0 Å². The summed E-state index contributed by atoms with van der Waals surface area (Å²) in [6, 6.07) is 0.711. The van der Waals surface area contributed by atoms with Gasteiger partial charge in [-0.2, -0.15) is 0 Å². The van der Waals surface area contributed by atoms with Gasteiger partial charge in [0.1, 0.15) is 0 Å². The highest BCUT2D eigenvalue weighted by molar-refractivity contribution is 5.82. The van der Waals surface area contributed by atoms with Crippen LogP contribution in [0.2, 0.25) is 0 Å². The van der Waals surface area contributed by atoms with Crippen LogP contribution in [0.15, 0.2) is 0 Å². The van der Waals surface area contributed by atoms with E-state index in [2.05, 4.69) is 17.6 Å². The van der Waals surface area contributed by atoms with E-state index in [1.807, 2.05) is 0 Å². The molecule has 4 heteroatoms. The van der Waals surface area contributed by atoms with Crippen LogP contribution in [-0.4, -0.2) is 35.2 Å². The number of amides is 1. The van der Waals surface area contributed by atoms with Crippen molar-refractivity contribution in [1.82, 2.24) is 10.6 Å². The van der Waals surface area contributed by atoms with Crippen molar-refractivity contribution in [3.05, 3.63) is 0 Å². The number of nitrogens with one attached hydrogen (secondary N) is 2. The molecule has 2 rings (SSSR count). The summed E-state index contributed by atoms with van der Waals surface area (Å²) in [6.45, 7) is 2.14. The molecule has 1 saturated carbocycles. The maximum absolute atomic E-state index is 12.1. The lowest BCUT2D eigenvalue weighted by atomic mass is 9.92. The van der Waals surface area contributed by atoms with Gasteiger partial charge < -0.3 is 15.7 Å². The summed E-state index contributed by atoms with van der Waals surface area (Å²) in [6.07, 6.45) is 6.56. The van der Waals surface area contributed by atoms with Gasteiger partial charge in [-0.1, -0.05) is 0 Å². The third kappa shape index (κ3) is 3.68. The largest absolute Gasteiger partial charge is 0.393 e. The molecule has 2 aliphatic rings. The Hall–Kier alpha value is -0.610. The third-order valence-corrected chi connectivity index (χ3v) is 3.98. The highest BCUT2D eigenvalue weighted by Crippen LogP contribution is 2.19. The van der Waals surface area contributed by atoms with Crippen LogP contribution in [0, 0.1) is 0 Å². The van der Waals surface area contributed by atoms with Gasteiger partial charge in [-0.05, 0) is 51.9 Å². The molecule has 0 aromatic carbocycles. The highest BCUT2D eigenvalue weighted by Gasteiger charge is 2.27. The molecule has 98 valence electrons. The Balaban J connectivity index is 1.76. The van der Waals surface area contributed by atoms with E-state index in [0.29, 0.717) is 6.04 Å². The molecule has 1 amide bonds. The van der Waals surface area contributed by atoms with E-state index in [-0.39, 0.29) is 24.1 Å². The van der Waals surface area contributed by atoms with Crippen LogP contribution in [0.5, 0.6) is 0 Å². The number of hydrogen-bond donors (Lipinski definition) is 3. The van der Waals surface area contributed by atoms with Crippen molar-refractivity contribution >= 4 is 5.91 Å². The zero-order valence-electron chi connectivity index (χ0n) is 10.6. The Morgan fingerprint density at radius 1 is 1.18 bits per heavy atom. The van der Waals surface area contributed by atoms with E-state index in [0.717, 1.165) is 38.5 Å². The Labute approximate surface area is 103 Å². The van der Waals surface area contributed by atoms with Gasteiger partial charge in [0.05, 0.1) is 12.1 Å². The van der Waals surface area contributed by atoms with Gasteiger partial charge in [0.2, 0.25) is 5.91 Å². The summed E-state index contributed by atoms with van der Waals surface area (Å²) in [5.41, 5.74) is 0. The number of aliphatic hydroxyl groups excluding tert-OH is 1. The number of carbonyl (C=O) groups is 1. The van der Waals surface area contributed by atoms with Crippen LogP contribution >= 0.6 is 0 Å². The van der Waals surface area contributed by atoms with Crippen LogP contribution in [0.3, 0.4) is 0 Å². The SMILES string of the molecule is CC1CCCC(C(=O)NC2CCC(O)CC2)N1. The molecule has 3 N–H and O–H groups in total. The normalized spacial score (nSPS) is 38.7. The fourth-order valence-electron chi connectivity index (χ4n) is 2.87. The van der Waals surface area contributed by atoms with Crippen LogP contribution in [0.4, 0.5) is 0 Å². The minimum Gasteiger partial charge on any atom is -0.393 e. The fourth-order valence-corrected chi connectivity index (χ4v) is 2.87. The van der Waals surface area contributed by atoms with Crippen LogP contribution < -0.4 is 10.6 Å². The first-order valence-corrected chi connectivity index (χ1v) is 6.89. The molecule has 1 aliphatic carbocycles. The lowest BCUT2D eigenvalue weighted by molar-refractivity contribution is -0.125. The Bertz CT molecular complexity index is 262. The average Bonchev–Trinajstić information content (AvgIpc) is 2.32. The van der Waals surface area contributed by atoms with E-state index >= 15 is 0 Å². The number of carbonyl (C=O) groups excluding carboxylic acids is 1. The molecule has 1 heterocycles. The molecule has 17 heavy (non-hydrogen) atoms. The zero-order chi connectivity index (χ0) is 12.3. The maximum Gasteiger partial charge on any atom is 0.237 e. The predicted octanol–water partition coefficient (Wildman–Crippen LogP) is 0.937. The molecule has 0 radical (unpaired) electrons. The van der Waals surface area contributed by atoms with Crippen molar-refractivity contribution in [3.63, 3.8) is 0 Å². The molecule has 2 unspecified atom stereocenters. The summed E-state index contributed by atoms with van der Waals surface area (Å²) in [5, 5.41) is 15.9. The summed E-state index contributed by atoms with van der Waals surface area (Å²) in [7, 11) is 0. The van der Waals surface area contributed by atoms with Crippen molar-refractivity contribution < 1.29 is 9.90 Å². The van der Waals surface area contributed by atoms with Crippen molar-refractivity contribution in [2.45, 2.75) is 76.1 Å². The van der Waals surface area contributed by atoms with Crippen molar-refractivity contribution in [3.8, 4) is 0 Å². The van der Waals surface area contributed by atoms with Gasteiger partial charge in [-0.15, -0.1) is 0 Å². The summed E-state index contributed by atoms with van der Waals surface area (Å²) in [4.78, 5) is 12.1. The Kier molecular flexibility index (Phi) is 4.40. The zero-order valence-corrected chi connectivity index (χ0v) is 10.6. The first kappa shape index (κ1) is 12.8. The highest BCUT2D eigenvalue weighted by atomic mass is 16.3. The standard InChI is InChI=1S/C13H24N2O2/c1-9-3-2-4-12(14-9)13(17)15-10-5-7-11(16)8-6-10/h9-12,14,16H,2-8H2,1H3,(H,15,17). The number of hydrogen-bond acceptors (Lipinski definition) is 3. The van der Waals surface area contributed by atoms with Crippen LogP contribution in [0.1, 0.15) is 51.9 Å². The smallest absolute Gasteiger partial charge is 0.237 e. The van der Waals surface area contributed by atoms with Gasteiger partial charge >= 0.3 is 0 Å². The monoisotopic (exact) mass is 240 g/mol. The second-order valence-electron chi connectivity index (χ2n) is 5.57. The number of rotatable bonds is 2. The second kappa shape index (κ2) is 5.83. The van der Waals surface area contributed by atoms with E-state index in [1.54, 1.807) is 0 Å². The average molecular weight is 240 g/mol. The molecule has 2 fully saturated rings. The van der Waals surface area contributed by atoms with Crippen molar-refractivity contribution in [2.75, 3.05) is 0 Å². The quantitative estimate of drug-likeness (QED) is 0.673. The molecule has 4 nitrogen and oxygen atoms in total. The van der Waals surface area contributed by atoms with Gasteiger partial charge in [0.25, 0.3) is 0 Å². The van der Waals surface area contributed by atoms with Crippen LogP contribution in [-0.2, 0) is 4.79 Å².